The highest BCUT2D eigenvalue weighted by Crippen LogP contribution is 2.06. The fourth-order valence-electron chi connectivity index (χ4n) is 1.50. The van der Waals surface area contributed by atoms with Crippen molar-refractivity contribution < 1.29 is 4.79 Å². The minimum Gasteiger partial charge on any atom is -0.347 e. The standard InChI is InChI=1S/C13H13N3O/c1-10-4-2-3-5-11(10)8-15-13(17)12-6-7-14-9-16-12/h2-7,9H,8H2,1H3,(H,15,17). The number of aryl methyl sites for hydroxylation is 1. The molecule has 0 fully saturated rings. The highest BCUT2D eigenvalue weighted by Gasteiger charge is 2.06. The average molecular weight is 227 g/mol. The maximum Gasteiger partial charge on any atom is 0.270 e. The van der Waals surface area contributed by atoms with Crippen molar-refractivity contribution in [3.8, 4) is 0 Å². The molecule has 0 aliphatic carbocycles. The minimum atomic E-state index is -0.185. The van der Waals surface area contributed by atoms with Gasteiger partial charge in [0.05, 0.1) is 0 Å². The van der Waals surface area contributed by atoms with Gasteiger partial charge in [-0.3, -0.25) is 4.79 Å². The normalized spacial score (nSPS) is 9.94. The number of amides is 1. The molecule has 4 heteroatoms. The maximum absolute atomic E-state index is 11.7. The summed E-state index contributed by atoms with van der Waals surface area (Å²) in [5, 5.41) is 2.83. The van der Waals surface area contributed by atoms with E-state index in [1.165, 1.54) is 6.33 Å². The second kappa shape index (κ2) is 5.21. The Labute approximate surface area is 99.7 Å². The summed E-state index contributed by atoms with van der Waals surface area (Å²) < 4.78 is 0. The molecule has 0 saturated carbocycles. The molecule has 86 valence electrons. The van der Waals surface area contributed by atoms with E-state index in [0.717, 1.165) is 11.1 Å². The van der Waals surface area contributed by atoms with E-state index in [1.807, 2.05) is 31.2 Å². The van der Waals surface area contributed by atoms with Crippen LogP contribution in [0.4, 0.5) is 0 Å². The smallest absolute Gasteiger partial charge is 0.270 e. The van der Waals surface area contributed by atoms with Crippen LogP contribution < -0.4 is 5.32 Å². The first-order valence-electron chi connectivity index (χ1n) is 5.36. The van der Waals surface area contributed by atoms with Crippen molar-refractivity contribution in [2.75, 3.05) is 0 Å². The van der Waals surface area contributed by atoms with Crippen LogP contribution in [0.5, 0.6) is 0 Å². The first-order chi connectivity index (χ1) is 8.27. The Balaban J connectivity index is 2.00. The monoisotopic (exact) mass is 227 g/mol. The fraction of sp³-hybridized carbons (Fsp3) is 0.154. The van der Waals surface area contributed by atoms with Crippen LogP contribution in [0.15, 0.2) is 42.9 Å². The van der Waals surface area contributed by atoms with Gasteiger partial charge in [0, 0.05) is 12.7 Å². The molecule has 1 aromatic heterocycles. The highest BCUT2D eigenvalue weighted by atomic mass is 16.1. The van der Waals surface area contributed by atoms with Gasteiger partial charge in [-0.2, -0.15) is 0 Å². The third-order valence-electron chi connectivity index (χ3n) is 2.52. The van der Waals surface area contributed by atoms with Crippen molar-refractivity contribution >= 4 is 5.91 Å². The Morgan fingerprint density at radius 3 is 2.82 bits per heavy atom. The van der Waals surface area contributed by atoms with Crippen LogP contribution in [-0.4, -0.2) is 15.9 Å². The predicted molar refractivity (Wildman–Crippen MR) is 64.4 cm³/mol. The lowest BCUT2D eigenvalue weighted by molar-refractivity contribution is 0.0945. The molecule has 0 atom stereocenters. The van der Waals surface area contributed by atoms with Crippen molar-refractivity contribution in [1.29, 1.82) is 0 Å². The second-order valence-electron chi connectivity index (χ2n) is 3.70. The third-order valence-corrected chi connectivity index (χ3v) is 2.52. The fourth-order valence-corrected chi connectivity index (χ4v) is 1.50. The molecular weight excluding hydrogens is 214 g/mol. The highest BCUT2D eigenvalue weighted by molar-refractivity contribution is 5.91. The van der Waals surface area contributed by atoms with Crippen molar-refractivity contribution in [1.82, 2.24) is 15.3 Å². The molecule has 0 spiro atoms. The van der Waals surface area contributed by atoms with Crippen LogP contribution in [0.2, 0.25) is 0 Å². The molecule has 1 aromatic carbocycles. The van der Waals surface area contributed by atoms with E-state index in [0.29, 0.717) is 12.2 Å². The maximum atomic E-state index is 11.7. The van der Waals surface area contributed by atoms with Crippen molar-refractivity contribution in [3.63, 3.8) is 0 Å². The number of hydrogen-bond acceptors (Lipinski definition) is 3. The van der Waals surface area contributed by atoms with Gasteiger partial charge in [-0.15, -0.1) is 0 Å². The Hall–Kier alpha value is -2.23. The van der Waals surface area contributed by atoms with Gasteiger partial charge in [-0.1, -0.05) is 24.3 Å². The Kier molecular flexibility index (Phi) is 3.45. The topological polar surface area (TPSA) is 54.9 Å². The molecule has 0 unspecified atom stereocenters. The summed E-state index contributed by atoms with van der Waals surface area (Å²) >= 11 is 0. The predicted octanol–water partition coefficient (Wildman–Crippen LogP) is 1.72. The van der Waals surface area contributed by atoms with Crippen molar-refractivity contribution in [2.45, 2.75) is 13.5 Å². The molecule has 0 radical (unpaired) electrons. The lowest BCUT2D eigenvalue weighted by Crippen LogP contribution is -2.24. The molecule has 2 aromatic rings. The molecule has 0 bridgehead atoms. The number of nitrogens with zero attached hydrogens (tertiary/aromatic N) is 2. The quantitative estimate of drug-likeness (QED) is 0.868. The van der Waals surface area contributed by atoms with E-state index in [-0.39, 0.29) is 5.91 Å². The lowest BCUT2D eigenvalue weighted by atomic mass is 10.1. The second-order valence-corrected chi connectivity index (χ2v) is 3.70. The zero-order valence-corrected chi connectivity index (χ0v) is 9.55. The molecule has 1 heterocycles. The zero-order valence-electron chi connectivity index (χ0n) is 9.55. The molecule has 0 aliphatic heterocycles. The number of nitrogens with one attached hydrogen (secondary N) is 1. The van der Waals surface area contributed by atoms with Crippen LogP contribution >= 0.6 is 0 Å². The first kappa shape index (κ1) is 11.3. The van der Waals surface area contributed by atoms with Crippen molar-refractivity contribution in [2.24, 2.45) is 0 Å². The van der Waals surface area contributed by atoms with Crippen LogP contribution in [0.25, 0.3) is 0 Å². The third kappa shape index (κ3) is 2.87. The zero-order chi connectivity index (χ0) is 12.1. The Bertz CT molecular complexity index is 511. The summed E-state index contributed by atoms with van der Waals surface area (Å²) in [6, 6.07) is 9.54. The van der Waals surface area contributed by atoms with Crippen LogP contribution in [0, 0.1) is 6.92 Å². The van der Waals surface area contributed by atoms with E-state index in [2.05, 4.69) is 15.3 Å². The summed E-state index contributed by atoms with van der Waals surface area (Å²) in [5.41, 5.74) is 2.65. The van der Waals surface area contributed by atoms with Crippen molar-refractivity contribution in [3.05, 3.63) is 59.7 Å². The molecule has 1 N–H and O–H groups in total. The molecule has 2 rings (SSSR count). The minimum absolute atomic E-state index is 0.185. The van der Waals surface area contributed by atoms with E-state index >= 15 is 0 Å². The molecule has 1 amide bonds. The summed E-state index contributed by atoms with van der Waals surface area (Å²) in [4.78, 5) is 19.4. The van der Waals surface area contributed by atoms with Crippen LogP contribution in [-0.2, 0) is 6.54 Å². The Morgan fingerprint density at radius 2 is 2.12 bits per heavy atom. The average Bonchev–Trinajstić information content (AvgIpc) is 2.38. The van der Waals surface area contributed by atoms with Gasteiger partial charge in [-0.25, -0.2) is 9.97 Å². The molecule has 0 aliphatic rings. The molecular formula is C13H13N3O. The van der Waals surface area contributed by atoms with Crippen LogP contribution in [0.3, 0.4) is 0 Å². The number of benzene rings is 1. The van der Waals surface area contributed by atoms with E-state index in [9.17, 15) is 4.79 Å². The van der Waals surface area contributed by atoms with E-state index < -0.39 is 0 Å². The number of carbonyl (C=O) groups is 1. The Morgan fingerprint density at radius 1 is 1.29 bits per heavy atom. The van der Waals surface area contributed by atoms with E-state index in [1.54, 1.807) is 12.3 Å². The number of carbonyl (C=O) groups excluding carboxylic acids is 1. The summed E-state index contributed by atoms with van der Waals surface area (Å²) in [6.07, 6.45) is 2.92. The van der Waals surface area contributed by atoms with Crippen LogP contribution in [0.1, 0.15) is 21.6 Å². The summed E-state index contributed by atoms with van der Waals surface area (Å²) in [5.74, 6) is -0.185. The number of aromatic nitrogens is 2. The molecule has 17 heavy (non-hydrogen) atoms. The summed E-state index contributed by atoms with van der Waals surface area (Å²) in [6.45, 7) is 2.53. The number of rotatable bonds is 3. The lowest BCUT2D eigenvalue weighted by Gasteiger charge is -2.07. The molecule has 0 saturated heterocycles. The number of hydrogen-bond donors (Lipinski definition) is 1. The first-order valence-corrected chi connectivity index (χ1v) is 5.36. The van der Waals surface area contributed by atoms with Gasteiger partial charge >= 0.3 is 0 Å². The van der Waals surface area contributed by atoms with Gasteiger partial charge in [-0.05, 0) is 24.1 Å². The largest absolute Gasteiger partial charge is 0.347 e. The van der Waals surface area contributed by atoms with Gasteiger partial charge in [0.2, 0.25) is 0 Å². The van der Waals surface area contributed by atoms with E-state index in [4.69, 9.17) is 0 Å². The van der Waals surface area contributed by atoms with Gasteiger partial charge in [0.25, 0.3) is 5.91 Å². The molecule has 4 nitrogen and oxygen atoms in total. The van der Waals surface area contributed by atoms with Gasteiger partial charge < -0.3 is 5.32 Å². The SMILES string of the molecule is Cc1ccccc1CNC(=O)c1ccncn1. The van der Waals surface area contributed by atoms with Gasteiger partial charge in [0.15, 0.2) is 0 Å². The summed E-state index contributed by atoms with van der Waals surface area (Å²) in [7, 11) is 0. The van der Waals surface area contributed by atoms with Gasteiger partial charge in [0.1, 0.15) is 12.0 Å².